The van der Waals surface area contributed by atoms with Crippen LogP contribution in [0.15, 0.2) is 42.6 Å². The van der Waals surface area contributed by atoms with Crippen molar-refractivity contribution in [1.29, 1.82) is 0 Å². The van der Waals surface area contributed by atoms with Gasteiger partial charge in [0.1, 0.15) is 0 Å². The van der Waals surface area contributed by atoms with E-state index in [1.165, 1.54) is 0 Å². The quantitative estimate of drug-likeness (QED) is 0.793. The Hall–Kier alpha value is -1.62. The van der Waals surface area contributed by atoms with Crippen LogP contribution in [0.2, 0.25) is 10.0 Å². The summed E-state index contributed by atoms with van der Waals surface area (Å²) in [4.78, 5) is 0. The number of nitrogens with zero attached hydrogens (tertiary/aromatic N) is 3. The summed E-state index contributed by atoms with van der Waals surface area (Å²) in [6, 6.07) is 11.4. The first-order valence-electron chi connectivity index (χ1n) is 6.61. The van der Waals surface area contributed by atoms with Crippen molar-refractivity contribution < 1.29 is 0 Å². The summed E-state index contributed by atoms with van der Waals surface area (Å²) in [6.07, 6.45) is 1.96. The number of nitrogens with one attached hydrogen (secondary N) is 1. The maximum absolute atomic E-state index is 6.00. The summed E-state index contributed by atoms with van der Waals surface area (Å²) in [5, 5.41) is 13.1. The molecule has 0 aliphatic carbocycles. The lowest BCUT2D eigenvalue weighted by atomic mass is 10.2. The number of hydrogen-bond acceptors (Lipinski definition) is 3. The Morgan fingerprint density at radius 3 is 2.67 bits per heavy atom. The summed E-state index contributed by atoms with van der Waals surface area (Å²) in [6.45, 7) is 2.71. The molecule has 3 rings (SSSR count). The molecule has 0 saturated carbocycles. The third kappa shape index (κ3) is 3.18. The third-order valence-corrected chi connectivity index (χ3v) is 3.70. The highest BCUT2D eigenvalue weighted by molar-refractivity contribution is 6.34. The molecule has 3 aromatic rings. The standard InChI is InChI=1S/C15H14Cl2N4/c1-10(15-20-19-14-4-2-3-5-21(14)15)18-9-11-6-12(16)8-13(17)7-11/h2-8,10,18H,9H2,1H3. The van der Waals surface area contributed by atoms with E-state index in [1.807, 2.05) is 40.9 Å². The number of fused-ring (bicyclic) bond motifs is 1. The van der Waals surface area contributed by atoms with E-state index in [0.717, 1.165) is 17.0 Å². The zero-order valence-electron chi connectivity index (χ0n) is 11.4. The second kappa shape index (κ2) is 6.02. The average Bonchev–Trinajstić information content (AvgIpc) is 2.88. The van der Waals surface area contributed by atoms with E-state index < -0.39 is 0 Å². The van der Waals surface area contributed by atoms with Gasteiger partial charge in [0, 0.05) is 22.8 Å². The Morgan fingerprint density at radius 1 is 1.14 bits per heavy atom. The number of pyridine rings is 1. The van der Waals surface area contributed by atoms with Gasteiger partial charge in [0.25, 0.3) is 0 Å². The van der Waals surface area contributed by atoms with Gasteiger partial charge < -0.3 is 5.32 Å². The van der Waals surface area contributed by atoms with Crippen LogP contribution in [0.1, 0.15) is 24.4 Å². The molecule has 0 aliphatic heterocycles. The Labute approximate surface area is 132 Å². The van der Waals surface area contributed by atoms with Gasteiger partial charge in [-0.3, -0.25) is 4.40 Å². The molecule has 1 aromatic carbocycles. The van der Waals surface area contributed by atoms with Crippen molar-refractivity contribution in [2.75, 3.05) is 0 Å². The molecule has 2 heterocycles. The van der Waals surface area contributed by atoms with Crippen molar-refractivity contribution in [2.45, 2.75) is 19.5 Å². The molecule has 0 fully saturated rings. The molecule has 1 unspecified atom stereocenters. The molecule has 0 spiro atoms. The van der Waals surface area contributed by atoms with Gasteiger partial charge in [-0.2, -0.15) is 0 Å². The fraction of sp³-hybridized carbons (Fsp3) is 0.200. The van der Waals surface area contributed by atoms with E-state index >= 15 is 0 Å². The van der Waals surface area contributed by atoms with Crippen LogP contribution in [0, 0.1) is 0 Å². The molecule has 2 aromatic heterocycles. The molecule has 0 aliphatic rings. The minimum atomic E-state index is 0.0557. The van der Waals surface area contributed by atoms with Crippen molar-refractivity contribution in [3.8, 4) is 0 Å². The Bertz CT molecular complexity index is 749. The van der Waals surface area contributed by atoms with Crippen LogP contribution in [-0.4, -0.2) is 14.6 Å². The third-order valence-electron chi connectivity index (χ3n) is 3.26. The normalized spacial score (nSPS) is 12.7. The molecule has 6 heteroatoms. The van der Waals surface area contributed by atoms with Crippen molar-refractivity contribution in [3.63, 3.8) is 0 Å². The van der Waals surface area contributed by atoms with Gasteiger partial charge in [0.2, 0.25) is 0 Å². The second-order valence-electron chi connectivity index (χ2n) is 4.87. The maximum atomic E-state index is 6.00. The van der Waals surface area contributed by atoms with Crippen LogP contribution in [-0.2, 0) is 6.54 Å². The van der Waals surface area contributed by atoms with Crippen molar-refractivity contribution in [3.05, 3.63) is 64.0 Å². The Morgan fingerprint density at radius 2 is 1.90 bits per heavy atom. The first-order chi connectivity index (χ1) is 10.1. The van der Waals surface area contributed by atoms with Crippen molar-refractivity contribution >= 4 is 28.8 Å². The van der Waals surface area contributed by atoms with Crippen molar-refractivity contribution in [2.24, 2.45) is 0 Å². The van der Waals surface area contributed by atoms with E-state index in [-0.39, 0.29) is 6.04 Å². The first kappa shape index (κ1) is 14.3. The number of aromatic nitrogens is 3. The monoisotopic (exact) mass is 320 g/mol. The Balaban J connectivity index is 1.75. The molecule has 1 N–H and O–H groups in total. The molecule has 4 nitrogen and oxygen atoms in total. The molecule has 1 atom stereocenters. The highest BCUT2D eigenvalue weighted by Gasteiger charge is 2.12. The molecular formula is C15H14Cl2N4. The van der Waals surface area contributed by atoms with Gasteiger partial charge in [0.05, 0.1) is 6.04 Å². The van der Waals surface area contributed by atoms with Gasteiger partial charge in [-0.25, -0.2) is 0 Å². The van der Waals surface area contributed by atoms with E-state index in [0.29, 0.717) is 16.6 Å². The first-order valence-corrected chi connectivity index (χ1v) is 7.37. The SMILES string of the molecule is CC(NCc1cc(Cl)cc(Cl)c1)c1nnc2ccccn12. The molecule has 108 valence electrons. The van der Waals surface area contributed by atoms with Gasteiger partial charge in [-0.05, 0) is 42.8 Å². The fourth-order valence-corrected chi connectivity index (χ4v) is 2.80. The lowest BCUT2D eigenvalue weighted by Gasteiger charge is -2.12. The molecule has 0 amide bonds. The predicted molar refractivity (Wildman–Crippen MR) is 84.7 cm³/mol. The van der Waals surface area contributed by atoms with Crippen LogP contribution in [0.3, 0.4) is 0 Å². The minimum Gasteiger partial charge on any atom is -0.303 e. The van der Waals surface area contributed by atoms with Gasteiger partial charge in [-0.1, -0.05) is 29.3 Å². The highest BCUT2D eigenvalue weighted by Crippen LogP contribution is 2.20. The van der Waals surface area contributed by atoms with Crippen LogP contribution in [0.25, 0.3) is 5.65 Å². The smallest absolute Gasteiger partial charge is 0.160 e. The number of benzene rings is 1. The largest absolute Gasteiger partial charge is 0.303 e. The number of halogens is 2. The summed E-state index contributed by atoms with van der Waals surface area (Å²) in [5.41, 5.74) is 1.88. The van der Waals surface area contributed by atoms with Crippen LogP contribution >= 0.6 is 23.2 Å². The van der Waals surface area contributed by atoms with Gasteiger partial charge >= 0.3 is 0 Å². The van der Waals surface area contributed by atoms with Gasteiger partial charge in [0.15, 0.2) is 11.5 Å². The van der Waals surface area contributed by atoms with E-state index in [4.69, 9.17) is 23.2 Å². The molecule has 0 bridgehead atoms. The number of rotatable bonds is 4. The molecule has 0 saturated heterocycles. The van der Waals surface area contributed by atoms with E-state index in [9.17, 15) is 0 Å². The topological polar surface area (TPSA) is 42.2 Å². The average molecular weight is 321 g/mol. The predicted octanol–water partition coefficient (Wildman–Crippen LogP) is 3.89. The van der Waals surface area contributed by atoms with Crippen LogP contribution < -0.4 is 5.32 Å². The Kier molecular flexibility index (Phi) is 4.10. The summed E-state index contributed by atoms with van der Waals surface area (Å²) in [5.74, 6) is 0.874. The molecule has 0 radical (unpaired) electrons. The summed E-state index contributed by atoms with van der Waals surface area (Å²) >= 11 is 12.0. The lowest BCUT2D eigenvalue weighted by molar-refractivity contribution is 0.541. The van der Waals surface area contributed by atoms with Crippen LogP contribution in [0.4, 0.5) is 0 Å². The number of hydrogen-bond donors (Lipinski definition) is 1. The summed E-state index contributed by atoms with van der Waals surface area (Å²) in [7, 11) is 0. The van der Waals surface area contributed by atoms with Crippen LogP contribution in [0.5, 0.6) is 0 Å². The zero-order chi connectivity index (χ0) is 14.8. The summed E-state index contributed by atoms with van der Waals surface area (Å²) < 4.78 is 1.97. The van der Waals surface area contributed by atoms with Gasteiger partial charge in [-0.15, -0.1) is 10.2 Å². The van der Waals surface area contributed by atoms with Crippen molar-refractivity contribution in [1.82, 2.24) is 19.9 Å². The zero-order valence-corrected chi connectivity index (χ0v) is 12.9. The highest BCUT2D eigenvalue weighted by atomic mass is 35.5. The molecular weight excluding hydrogens is 307 g/mol. The lowest BCUT2D eigenvalue weighted by Crippen LogP contribution is -2.20. The van der Waals surface area contributed by atoms with E-state index in [2.05, 4.69) is 22.4 Å². The minimum absolute atomic E-state index is 0.0557. The molecule has 21 heavy (non-hydrogen) atoms. The second-order valence-corrected chi connectivity index (χ2v) is 5.74. The fourth-order valence-electron chi connectivity index (χ4n) is 2.23. The maximum Gasteiger partial charge on any atom is 0.160 e. The van der Waals surface area contributed by atoms with E-state index in [1.54, 1.807) is 6.07 Å².